The highest BCUT2D eigenvalue weighted by atomic mass is 35.5. The summed E-state index contributed by atoms with van der Waals surface area (Å²) in [4.78, 5) is 39.0. The lowest BCUT2D eigenvalue weighted by Gasteiger charge is -2.22. The van der Waals surface area contributed by atoms with Crippen molar-refractivity contribution in [1.82, 2.24) is 10.2 Å². The first-order chi connectivity index (χ1) is 14.7. The first kappa shape index (κ1) is 22.2. The molecule has 1 aliphatic heterocycles. The van der Waals surface area contributed by atoms with Crippen molar-refractivity contribution in [2.75, 3.05) is 33.2 Å². The average Bonchev–Trinajstić information content (AvgIpc) is 2.98. The van der Waals surface area contributed by atoms with E-state index in [1.165, 1.54) is 33.5 Å². The summed E-state index contributed by atoms with van der Waals surface area (Å²) in [6.07, 6.45) is 0. The molecule has 1 saturated heterocycles. The minimum Gasteiger partial charge on any atom is -0.497 e. The molecule has 0 saturated carbocycles. The number of nitrogens with one attached hydrogen (secondary N) is 2. The summed E-state index contributed by atoms with van der Waals surface area (Å²) >= 11 is 6.07. The monoisotopic (exact) mass is 447 g/mol. The van der Waals surface area contributed by atoms with E-state index < -0.39 is 29.9 Å². The number of nitrogens with zero attached hydrogens (tertiary/aromatic N) is 1. The topological polar surface area (TPSA) is 106 Å². The van der Waals surface area contributed by atoms with Crippen LogP contribution in [0.15, 0.2) is 36.4 Å². The summed E-state index contributed by atoms with van der Waals surface area (Å²) in [5.74, 6) is 0.121. The molecule has 1 atom stereocenters. The standard InChI is InChI=1S/C21H22ClN3O6/c1-21(12-5-7-13(29-2)8-6-12)19(27)25(20(28)24-21)11-18(26)23-15-10-16(30-3)14(22)9-17(15)31-4/h5-10H,11H2,1-4H3,(H,23,26)(H,24,28). The van der Waals surface area contributed by atoms with E-state index in [0.29, 0.717) is 33.5 Å². The number of carbonyl (C=O) groups is 3. The predicted molar refractivity (Wildman–Crippen MR) is 114 cm³/mol. The number of methoxy groups -OCH3 is 3. The van der Waals surface area contributed by atoms with Gasteiger partial charge in [0.25, 0.3) is 5.91 Å². The molecule has 0 aromatic heterocycles. The molecule has 3 rings (SSSR count). The van der Waals surface area contributed by atoms with E-state index >= 15 is 0 Å². The van der Waals surface area contributed by atoms with Gasteiger partial charge in [0.2, 0.25) is 5.91 Å². The zero-order chi connectivity index (χ0) is 22.8. The smallest absolute Gasteiger partial charge is 0.325 e. The number of benzene rings is 2. The first-order valence-electron chi connectivity index (χ1n) is 9.23. The Morgan fingerprint density at radius 2 is 1.71 bits per heavy atom. The van der Waals surface area contributed by atoms with Crippen molar-refractivity contribution in [3.8, 4) is 17.2 Å². The van der Waals surface area contributed by atoms with Gasteiger partial charge in [0.05, 0.1) is 32.0 Å². The van der Waals surface area contributed by atoms with Crippen LogP contribution in [-0.4, -0.2) is 50.6 Å². The number of rotatable bonds is 7. The fourth-order valence-corrected chi connectivity index (χ4v) is 3.48. The number of carbonyl (C=O) groups excluding carboxylic acids is 3. The lowest BCUT2D eigenvalue weighted by molar-refractivity contribution is -0.133. The van der Waals surface area contributed by atoms with Gasteiger partial charge in [-0.25, -0.2) is 4.79 Å². The third kappa shape index (κ3) is 4.22. The summed E-state index contributed by atoms with van der Waals surface area (Å²) in [5, 5.41) is 5.58. The molecule has 9 nitrogen and oxygen atoms in total. The van der Waals surface area contributed by atoms with Crippen LogP contribution in [-0.2, 0) is 15.1 Å². The molecule has 4 amide bonds. The van der Waals surface area contributed by atoms with Gasteiger partial charge in [-0.1, -0.05) is 23.7 Å². The number of amides is 4. The van der Waals surface area contributed by atoms with Crippen molar-refractivity contribution in [3.05, 3.63) is 47.0 Å². The molecule has 1 fully saturated rings. The number of anilines is 1. The van der Waals surface area contributed by atoms with Crippen LogP contribution >= 0.6 is 11.6 Å². The molecule has 0 aliphatic carbocycles. The van der Waals surface area contributed by atoms with Gasteiger partial charge in [-0.2, -0.15) is 0 Å². The fraction of sp³-hybridized carbons (Fsp3) is 0.286. The maximum atomic E-state index is 13.0. The van der Waals surface area contributed by atoms with Gasteiger partial charge in [0, 0.05) is 12.1 Å². The van der Waals surface area contributed by atoms with E-state index in [9.17, 15) is 14.4 Å². The summed E-state index contributed by atoms with van der Waals surface area (Å²) in [6.45, 7) is 1.10. The third-order valence-electron chi connectivity index (χ3n) is 4.99. The molecule has 0 radical (unpaired) electrons. The Balaban J connectivity index is 1.77. The summed E-state index contributed by atoms with van der Waals surface area (Å²) in [6, 6.07) is 9.07. The van der Waals surface area contributed by atoms with Crippen LogP contribution < -0.4 is 24.8 Å². The third-order valence-corrected chi connectivity index (χ3v) is 5.29. The van der Waals surface area contributed by atoms with E-state index in [2.05, 4.69) is 10.6 Å². The van der Waals surface area contributed by atoms with Crippen LogP contribution in [0.25, 0.3) is 0 Å². The number of ether oxygens (including phenoxy) is 3. The van der Waals surface area contributed by atoms with Crippen LogP contribution in [0, 0.1) is 0 Å². The Hall–Kier alpha value is -3.46. The summed E-state index contributed by atoms with van der Waals surface area (Å²) < 4.78 is 15.5. The SMILES string of the molecule is COc1ccc(C2(C)NC(=O)N(CC(=O)Nc3cc(OC)c(Cl)cc3OC)C2=O)cc1. The number of hydrogen-bond donors (Lipinski definition) is 2. The van der Waals surface area contributed by atoms with Gasteiger partial charge in [-0.05, 0) is 24.6 Å². The summed E-state index contributed by atoms with van der Waals surface area (Å²) in [7, 11) is 4.39. The number of imide groups is 1. The molecule has 2 N–H and O–H groups in total. The largest absolute Gasteiger partial charge is 0.497 e. The second-order valence-corrected chi connectivity index (χ2v) is 7.32. The van der Waals surface area contributed by atoms with Crippen LogP contribution in [0.4, 0.5) is 10.5 Å². The van der Waals surface area contributed by atoms with Crippen LogP contribution in [0.2, 0.25) is 5.02 Å². The lowest BCUT2D eigenvalue weighted by Crippen LogP contribution is -2.42. The van der Waals surface area contributed by atoms with E-state index in [4.69, 9.17) is 25.8 Å². The fourth-order valence-electron chi connectivity index (χ4n) is 3.25. The molecule has 2 aromatic rings. The number of urea groups is 1. The normalized spacial score (nSPS) is 17.9. The van der Waals surface area contributed by atoms with Crippen molar-refractivity contribution < 1.29 is 28.6 Å². The maximum absolute atomic E-state index is 13.0. The van der Waals surface area contributed by atoms with Crippen LogP contribution in [0.5, 0.6) is 17.2 Å². The highest BCUT2D eigenvalue weighted by Crippen LogP contribution is 2.36. The molecule has 1 aliphatic rings. The maximum Gasteiger partial charge on any atom is 0.325 e. The Bertz CT molecular complexity index is 1030. The van der Waals surface area contributed by atoms with Crippen molar-refractivity contribution in [1.29, 1.82) is 0 Å². The average molecular weight is 448 g/mol. The van der Waals surface area contributed by atoms with E-state index in [1.54, 1.807) is 31.2 Å². The quantitative estimate of drug-likeness (QED) is 0.632. The van der Waals surface area contributed by atoms with Gasteiger partial charge in [0.1, 0.15) is 29.3 Å². The zero-order valence-electron chi connectivity index (χ0n) is 17.4. The van der Waals surface area contributed by atoms with Gasteiger partial charge in [-0.15, -0.1) is 0 Å². The van der Waals surface area contributed by atoms with Crippen molar-refractivity contribution >= 4 is 35.1 Å². The number of hydrogen-bond acceptors (Lipinski definition) is 6. The van der Waals surface area contributed by atoms with E-state index in [1.807, 2.05) is 0 Å². The Morgan fingerprint density at radius 3 is 2.29 bits per heavy atom. The summed E-state index contributed by atoms with van der Waals surface area (Å²) in [5.41, 5.74) is -0.442. The molecule has 164 valence electrons. The second kappa shape index (κ2) is 8.73. The highest BCUT2D eigenvalue weighted by Gasteiger charge is 2.49. The molecule has 0 spiro atoms. The minimum absolute atomic E-state index is 0.290. The second-order valence-electron chi connectivity index (χ2n) is 6.91. The molecule has 2 aromatic carbocycles. The molecule has 10 heteroatoms. The first-order valence-corrected chi connectivity index (χ1v) is 9.61. The lowest BCUT2D eigenvalue weighted by atomic mass is 9.92. The molecular weight excluding hydrogens is 426 g/mol. The molecule has 0 bridgehead atoms. The zero-order valence-corrected chi connectivity index (χ0v) is 18.2. The highest BCUT2D eigenvalue weighted by molar-refractivity contribution is 6.32. The van der Waals surface area contributed by atoms with Gasteiger partial charge in [0.15, 0.2) is 0 Å². The van der Waals surface area contributed by atoms with Crippen molar-refractivity contribution in [2.45, 2.75) is 12.5 Å². The van der Waals surface area contributed by atoms with E-state index in [-0.39, 0.29) is 0 Å². The molecule has 1 unspecified atom stereocenters. The van der Waals surface area contributed by atoms with Crippen LogP contribution in [0.1, 0.15) is 12.5 Å². The van der Waals surface area contributed by atoms with Crippen molar-refractivity contribution in [3.63, 3.8) is 0 Å². The molecular formula is C21H22ClN3O6. The van der Waals surface area contributed by atoms with Gasteiger partial charge in [-0.3, -0.25) is 14.5 Å². The van der Waals surface area contributed by atoms with Crippen LogP contribution in [0.3, 0.4) is 0 Å². The number of halogens is 1. The molecule has 31 heavy (non-hydrogen) atoms. The predicted octanol–water partition coefficient (Wildman–Crippen LogP) is 2.77. The van der Waals surface area contributed by atoms with Gasteiger partial charge < -0.3 is 24.8 Å². The van der Waals surface area contributed by atoms with Crippen molar-refractivity contribution in [2.24, 2.45) is 0 Å². The van der Waals surface area contributed by atoms with E-state index in [0.717, 1.165) is 4.90 Å². The van der Waals surface area contributed by atoms with Gasteiger partial charge >= 0.3 is 6.03 Å². The Labute approximate surface area is 184 Å². The minimum atomic E-state index is -1.30. The molecule has 1 heterocycles. The Kier molecular flexibility index (Phi) is 6.26. The Morgan fingerprint density at radius 1 is 1.06 bits per heavy atom.